The molecule has 1 fully saturated rings. The Morgan fingerprint density at radius 3 is 2.95 bits per heavy atom. The van der Waals surface area contributed by atoms with E-state index in [4.69, 9.17) is 4.74 Å². The van der Waals surface area contributed by atoms with E-state index in [-0.39, 0.29) is 11.9 Å². The molecule has 1 aromatic carbocycles. The molecule has 1 N–H and O–H groups in total. The number of benzene rings is 1. The van der Waals surface area contributed by atoms with Gasteiger partial charge in [0, 0.05) is 11.4 Å². The van der Waals surface area contributed by atoms with Crippen LogP contribution in [0.3, 0.4) is 0 Å². The molecule has 116 valence electrons. The molecule has 1 aliphatic carbocycles. The Balaban J connectivity index is 1.70. The van der Waals surface area contributed by atoms with E-state index in [1.54, 1.807) is 7.11 Å². The normalized spacial score (nSPS) is 15.4. The summed E-state index contributed by atoms with van der Waals surface area (Å²) in [4.78, 5) is 12.4. The molecule has 3 rings (SSSR count). The van der Waals surface area contributed by atoms with Crippen LogP contribution < -0.4 is 10.1 Å². The third-order valence-corrected chi connectivity index (χ3v) is 4.81. The Labute approximate surface area is 134 Å². The summed E-state index contributed by atoms with van der Waals surface area (Å²) in [6.07, 6.45) is 3.22. The standard InChI is InChI=1S/C17H20N2O2S/c1-11-15(10-22-19-11)17(20)18-16(13-6-7-13)9-12-4-3-5-14(8-12)21-2/h3-5,8,10,13,16H,6-7,9H2,1-2H3,(H,18,20). The number of hydrogen-bond donors (Lipinski definition) is 1. The highest BCUT2D eigenvalue weighted by atomic mass is 32.1. The third kappa shape index (κ3) is 3.47. The van der Waals surface area contributed by atoms with E-state index in [9.17, 15) is 4.79 Å². The maximum atomic E-state index is 12.4. The largest absolute Gasteiger partial charge is 0.497 e. The van der Waals surface area contributed by atoms with E-state index >= 15 is 0 Å². The maximum Gasteiger partial charge on any atom is 0.254 e. The van der Waals surface area contributed by atoms with Crippen LogP contribution in [0.15, 0.2) is 29.6 Å². The Hall–Kier alpha value is -1.88. The molecule has 0 bridgehead atoms. The number of aromatic nitrogens is 1. The van der Waals surface area contributed by atoms with E-state index in [0.717, 1.165) is 17.9 Å². The molecule has 1 heterocycles. The van der Waals surface area contributed by atoms with Crippen LogP contribution in [0.5, 0.6) is 5.75 Å². The van der Waals surface area contributed by atoms with Crippen molar-refractivity contribution in [1.29, 1.82) is 0 Å². The molecule has 0 saturated heterocycles. The molecule has 1 atom stereocenters. The molecule has 2 aromatic rings. The van der Waals surface area contributed by atoms with E-state index in [1.165, 1.54) is 29.9 Å². The van der Waals surface area contributed by atoms with Gasteiger partial charge in [-0.2, -0.15) is 4.37 Å². The molecule has 1 aromatic heterocycles. The second-order valence-corrected chi connectivity index (χ2v) is 6.42. The molecule has 1 aliphatic rings. The highest BCUT2D eigenvalue weighted by molar-refractivity contribution is 7.03. The van der Waals surface area contributed by atoms with Crippen LogP contribution in [0.25, 0.3) is 0 Å². The van der Waals surface area contributed by atoms with Crippen molar-refractivity contribution in [3.8, 4) is 5.75 Å². The molecule has 0 radical (unpaired) electrons. The van der Waals surface area contributed by atoms with Crippen molar-refractivity contribution in [3.63, 3.8) is 0 Å². The number of rotatable bonds is 6. The molecule has 22 heavy (non-hydrogen) atoms. The SMILES string of the molecule is COc1cccc(CC(NC(=O)c2csnc2C)C2CC2)c1. The van der Waals surface area contributed by atoms with Gasteiger partial charge >= 0.3 is 0 Å². The van der Waals surface area contributed by atoms with Gasteiger partial charge in [-0.15, -0.1) is 0 Å². The number of carbonyl (C=O) groups excluding carboxylic acids is 1. The highest BCUT2D eigenvalue weighted by Crippen LogP contribution is 2.34. The van der Waals surface area contributed by atoms with Gasteiger partial charge in [-0.1, -0.05) is 12.1 Å². The summed E-state index contributed by atoms with van der Waals surface area (Å²) in [6, 6.07) is 8.24. The van der Waals surface area contributed by atoms with Gasteiger partial charge in [0.05, 0.1) is 18.4 Å². The fraction of sp³-hybridized carbons (Fsp3) is 0.412. The first kappa shape index (κ1) is 15.0. The second kappa shape index (κ2) is 6.48. The van der Waals surface area contributed by atoms with Crippen molar-refractivity contribution in [1.82, 2.24) is 9.69 Å². The Morgan fingerprint density at radius 2 is 2.32 bits per heavy atom. The average molecular weight is 316 g/mol. The van der Waals surface area contributed by atoms with Crippen molar-refractivity contribution < 1.29 is 9.53 Å². The second-order valence-electron chi connectivity index (χ2n) is 5.79. The summed E-state index contributed by atoms with van der Waals surface area (Å²) < 4.78 is 9.45. The minimum Gasteiger partial charge on any atom is -0.497 e. The smallest absolute Gasteiger partial charge is 0.254 e. The van der Waals surface area contributed by atoms with Gasteiger partial charge in [-0.05, 0) is 61.3 Å². The van der Waals surface area contributed by atoms with Gasteiger partial charge in [-0.3, -0.25) is 4.79 Å². The average Bonchev–Trinajstić information content (AvgIpc) is 3.28. The van der Waals surface area contributed by atoms with Crippen molar-refractivity contribution in [3.05, 3.63) is 46.5 Å². The Morgan fingerprint density at radius 1 is 1.50 bits per heavy atom. The molecule has 1 amide bonds. The summed E-state index contributed by atoms with van der Waals surface area (Å²) >= 11 is 1.33. The van der Waals surface area contributed by atoms with Gasteiger partial charge in [0.2, 0.25) is 0 Å². The fourth-order valence-electron chi connectivity index (χ4n) is 2.64. The van der Waals surface area contributed by atoms with Crippen molar-refractivity contribution in [2.45, 2.75) is 32.2 Å². The maximum absolute atomic E-state index is 12.4. The zero-order valence-electron chi connectivity index (χ0n) is 12.8. The molecule has 4 nitrogen and oxygen atoms in total. The summed E-state index contributed by atoms with van der Waals surface area (Å²) in [5, 5.41) is 5.01. The van der Waals surface area contributed by atoms with Gasteiger partial charge in [0.15, 0.2) is 0 Å². The molecule has 0 aliphatic heterocycles. The molecule has 0 spiro atoms. The topological polar surface area (TPSA) is 51.2 Å². The van der Waals surface area contributed by atoms with Crippen LogP contribution in [0.1, 0.15) is 34.5 Å². The number of carbonyl (C=O) groups is 1. The molecular weight excluding hydrogens is 296 g/mol. The summed E-state index contributed by atoms with van der Waals surface area (Å²) in [6.45, 7) is 1.87. The molecule has 1 saturated carbocycles. The minimum absolute atomic E-state index is 0.00829. The van der Waals surface area contributed by atoms with E-state index in [2.05, 4.69) is 15.8 Å². The van der Waals surface area contributed by atoms with Crippen LogP contribution in [0.4, 0.5) is 0 Å². The van der Waals surface area contributed by atoms with Gasteiger partial charge < -0.3 is 10.1 Å². The molecule has 1 unspecified atom stereocenters. The van der Waals surface area contributed by atoms with E-state index in [1.807, 2.05) is 30.5 Å². The van der Waals surface area contributed by atoms with Crippen LogP contribution in [-0.4, -0.2) is 23.4 Å². The number of aryl methyl sites for hydroxylation is 1. The lowest BCUT2D eigenvalue weighted by Gasteiger charge is -2.18. The first-order chi connectivity index (χ1) is 10.7. The lowest BCUT2D eigenvalue weighted by molar-refractivity contribution is 0.0931. The van der Waals surface area contributed by atoms with Crippen molar-refractivity contribution >= 4 is 17.4 Å². The predicted molar refractivity (Wildman–Crippen MR) is 87.5 cm³/mol. The lowest BCUT2D eigenvalue weighted by atomic mass is 10.0. The van der Waals surface area contributed by atoms with Gasteiger partial charge in [-0.25, -0.2) is 0 Å². The zero-order valence-corrected chi connectivity index (χ0v) is 13.7. The first-order valence-electron chi connectivity index (χ1n) is 7.52. The highest BCUT2D eigenvalue weighted by Gasteiger charge is 2.32. The van der Waals surface area contributed by atoms with E-state index in [0.29, 0.717) is 11.5 Å². The Bertz CT molecular complexity index is 664. The minimum atomic E-state index is -0.00829. The summed E-state index contributed by atoms with van der Waals surface area (Å²) in [5.41, 5.74) is 2.69. The van der Waals surface area contributed by atoms with Crippen molar-refractivity contribution in [2.24, 2.45) is 5.92 Å². The van der Waals surface area contributed by atoms with Crippen LogP contribution in [0, 0.1) is 12.8 Å². The first-order valence-corrected chi connectivity index (χ1v) is 8.36. The number of ether oxygens (including phenoxy) is 1. The van der Waals surface area contributed by atoms with Crippen LogP contribution in [-0.2, 0) is 6.42 Å². The summed E-state index contributed by atoms with van der Waals surface area (Å²) in [7, 11) is 1.67. The zero-order chi connectivity index (χ0) is 15.5. The van der Waals surface area contributed by atoms with E-state index < -0.39 is 0 Å². The molecular formula is C17H20N2O2S. The number of hydrogen-bond acceptors (Lipinski definition) is 4. The summed E-state index contributed by atoms with van der Waals surface area (Å²) in [5.74, 6) is 1.43. The van der Waals surface area contributed by atoms with Gasteiger partial charge in [0.1, 0.15) is 5.75 Å². The van der Waals surface area contributed by atoms with Gasteiger partial charge in [0.25, 0.3) is 5.91 Å². The Kier molecular flexibility index (Phi) is 4.43. The number of nitrogens with zero attached hydrogens (tertiary/aromatic N) is 1. The van der Waals surface area contributed by atoms with Crippen molar-refractivity contribution in [2.75, 3.05) is 7.11 Å². The number of methoxy groups -OCH3 is 1. The fourth-order valence-corrected chi connectivity index (χ4v) is 3.34. The third-order valence-electron chi connectivity index (χ3n) is 4.09. The number of amides is 1. The lowest BCUT2D eigenvalue weighted by Crippen LogP contribution is -2.38. The monoisotopic (exact) mass is 316 g/mol. The molecule has 5 heteroatoms. The number of nitrogens with one attached hydrogen (secondary N) is 1. The quantitative estimate of drug-likeness (QED) is 0.890. The predicted octanol–water partition coefficient (Wildman–Crippen LogP) is 3.21. The van der Waals surface area contributed by atoms with Crippen LogP contribution >= 0.6 is 11.5 Å². The van der Waals surface area contributed by atoms with Crippen LogP contribution in [0.2, 0.25) is 0 Å².